The number of benzene rings is 2. The normalized spacial score (nSPS) is 11.8. The first kappa shape index (κ1) is 19.8. The molecule has 4 rings (SSSR count). The molecule has 0 aliphatic heterocycles. The lowest BCUT2D eigenvalue weighted by Gasteiger charge is -2.21. The average molecular weight is 429 g/mol. The van der Waals surface area contributed by atoms with Crippen LogP contribution in [-0.2, 0) is 21.6 Å². The highest BCUT2D eigenvalue weighted by Gasteiger charge is 2.30. The van der Waals surface area contributed by atoms with Gasteiger partial charge in [0.05, 0.1) is 16.7 Å². The summed E-state index contributed by atoms with van der Waals surface area (Å²) < 4.78 is 50.8. The highest BCUT2D eigenvalue weighted by molar-refractivity contribution is 7.87. The van der Waals surface area contributed by atoms with Crippen molar-refractivity contribution < 1.29 is 27.3 Å². The number of carboxylic acids is 1. The van der Waals surface area contributed by atoms with Gasteiger partial charge in [-0.25, -0.2) is 9.37 Å². The molecular formula is C20H16FN3O5S. The molecule has 0 fully saturated rings. The van der Waals surface area contributed by atoms with Crippen LogP contribution in [0, 0.1) is 12.7 Å². The molecule has 0 saturated heterocycles. The Morgan fingerprint density at radius 1 is 1.17 bits per heavy atom. The Labute approximate surface area is 170 Å². The summed E-state index contributed by atoms with van der Waals surface area (Å²) in [5, 5.41) is 10.1. The van der Waals surface area contributed by atoms with Crippen molar-refractivity contribution in [3.63, 3.8) is 0 Å². The van der Waals surface area contributed by atoms with E-state index in [1.54, 1.807) is 30.3 Å². The fourth-order valence-corrected chi connectivity index (χ4v) is 4.35. The molecule has 0 bridgehead atoms. The van der Waals surface area contributed by atoms with Gasteiger partial charge in [-0.2, -0.15) is 12.7 Å². The van der Waals surface area contributed by atoms with Crippen LogP contribution in [-0.4, -0.2) is 33.6 Å². The first-order valence-corrected chi connectivity index (χ1v) is 10.2. The summed E-state index contributed by atoms with van der Waals surface area (Å²) in [6.45, 7) is 1.02. The van der Waals surface area contributed by atoms with E-state index in [1.165, 1.54) is 23.6 Å². The predicted octanol–water partition coefficient (Wildman–Crippen LogP) is 3.66. The van der Waals surface area contributed by atoms with Crippen molar-refractivity contribution in [1.29, 1.82) is 0 Å². The topological polar surface area (TPSA) is 113 Å². The number of nitrogens with zero attached hydrogens (tertiary/aromatic N) is 3. The number of carbonyl (C=O) groups is 1. The molecule has 2 N–H and O–H groups in total. The SMILES string of the molecule is Cc1c(N(c2ccc3ccccc3n2)S(=O)(=O)O)c2cc(F)ccc2n1CC(=O)O. The number of rotatable bonds is 5. The number of pyridine rings is 1. The van der Waals surface area contributed by atoms with Crippen molar-refractivity contribution >= 4 is 49.6 Å². The molecular weight excluding hydrogens is 413 g/mol. The number of anilines is 2. The van der Waals surface area contributed by atoms with Gasteiger partial charge in [0.25, 0.3) is 0 Å². The Morgan fingerprint density at radius 3 is 2.60 bits per heavy atom. The Kier molecular flexibility index (Phi) is 4.67. The number of aromatic nitrogens is 2. The molecule has 0 radical (unpaired) electrons. The van der Waals surface area contributed by atoms with E-state index in [-0.39, 0.29) is 22.6 Å². The third-order valence-corrected chi connectivity index (χ3v) is 5.60. The lowest BCUT2D eigenvalue weighted by molar-refractivity contribution is -0.137. The number of aliphatic carboxylic acids is 1. The lowest BCUT2D eigenvalue weighted by atomic mass is 10.2. The maximum Gasteiger partial charge on any atom is 0.365 e. The van der Waals surface area contributed by atoms with Gasteiger partial charge in [-0.1, -0.05) is 18.2 Å². The fourth-order valence-electron chi connectivity index (χ4n) is 3.55. The summed E-state index contributed by atoms with van der Waals surface area (Å²) in [7, 11) is -4.89. The van der Waals surface area contributed by atoms with Gasteiger partial charge >= 0.3 is 16.3 Å². The molecule has 0 atom stereocenters. The summed E-state index contributed by atoms with van der Waals surface area (Å²) in [4.78, 5) is 15.7. The highest BCUT2D eigenvalue weighted by atomic mass is 32.2. The zero-order chi connectivity index (χ0) is 21.6. The van der Waals surface area contributed by atoms with Crippen molar-refractivity contribution in [2.45, 2.75) is 13.5 Å². The molecule has 0 unspecified atom stereocenters. The third kappa shape index (κ3) is 3.36. The number of hydrogen-bond donors (Lipinski definition) is 2. The fraction of sp³-hybridized carbons (Fsp3) is 0.100. The minimum atomic E-state index is -4.89. The molecule has 0 aliphatic carbocycles. The maximum absolute atomic E-state index is 14.0. The minimum Gasteiger partial charge on any atom is -0.480 e. The summed E-state index contributed by atoms with van der Waals surface area (Å²) in [6, 6.07) is 13.7. The molecule has 30 heavy (non-hydrogen) atoms. The van der Waals surface area contributed by atoms with Crippen molar-refractivity contribution in [2.24, 2.45) is 0 Å². The number of carboxylic acid groups (broad SMARTS) is 1. The molecule has 0 spiro atoms. The lowest BCUT2D eigenvalue weighted by Crippen LogP contribution is -2.27. The van der Waals surface area contributed by atoms with Crippen LogP contribution in [0.3, 0.4) is 0 Å². The molecule has 2 aromatic carbocycles. The molecule has 2 heterocycles. The van der Waals surface area contributed by atoms with Gasteiger partial charge in [-0.05, 0) is 43.3 Å². The van der Waals surface area contributed by atoms with E-state index in [0.29, 0.717) is 15.3 Å². The van der Waals surface area contributed by atoms with Gasteiger partial charge in [0.15, 0.2) is 0 Å². The van der Waals surface area contributed by atoms with E-state index < -0.39 is 28.6 Å². The Balaban J connectivity index is 2.06. The van der Waals surface area contributed by atoms with Crippen LogP contribution in [0.15, 0.2) is 54.6 Å². The van der Waals surface area contributed by atoms with E-state index in [1.807, 2.05) is 0 Å². The number of para-hydroxylation sites is 1. The molecule has 0 aliphatic rings. The van der Waals surface area contributed by atoms with Crippen LogP contribution in [0.25, 0.3) is 21.8 Å². The molecule has 154 valence electrons. The second-order valence-electron chi connectivity index (χ2n) is 6.68. The van der Waals surface area contributed by atoms with Gasteiger partial charge < -0.3 is 9.67 Å². The second-order valence-corrected chi connectivity index (χ2v) is 7.94. The predicted molar refractivity (Wildman–Crippen MR) is 110 cm³/mol. The molecule has 8 nitrogen and oxygen atoms in total. The summed E-state index contributed by atoms with van der Waals surface area (Å²) in [5.74, 6) is -1.91. The summed E-state index contributed by atoms with van der Waals surface area (Å²) >= 11 is 0. The van der Waals surface area contributed by atoms with E-state index in [9.17, 15) is 27.3 Å². The minimum absolute atomic E-state index is 0.0731. The van der Waals surface area contributed by atoms with Gasteiger partial charge in [-0.3, -0.25) is 9.35 Å². The Morgan fingerprint density at radius 2 is 1.90 bits per heavy atom. The second kappa shape index (κ2) is 7.08. The first-order chi connectivity index (χ1) is 14.2. The zero-order valence-corrected chi connectivity index (χ0v) is 16.5. The zero-order valence-electron chi connectivity index (χ0n) is 15.7. The maximum atomic E-state index is 14.0. The molecule has 2 aromatic heterocycles. The molecule has 0 amide bonds. The van der Waals surface area contributed by atoms with E-state index in [0.717, 1.165) is 17.5 Å². The van der Waals surface area contributed by atoms with Gasteiger partial charge in [0.1, 0.15) is 18.2 Å². The smallest absolute Gasteiger partial charge is 0.365 e. The van der Waals surface area contributed by atoms with Crippen LogP contribution in [0.5, 0.6) is 0 Å². The van der Waals surface area contributed by atoms with Gasteiger partial charge in [-0.15, -0.1) is 0 Å². The molecule has 0 saturated carbocycles. The quantitative estimate of drug-likeness (QED) is 0.468. The Bertz CT molecular complexity index is 1420. The van der Waals surface area contributed by atoms with E-state index in [2.05, 4.69) is 4.98 Å². The third-order valence-electron chi connectivity index (χ3n) is 4.77. The van der Waals surface area contributed by atoms with Crippen molar-refractivity contribution in [2.75, 3.05) is 4.31 Å². The van der Waals surface area contributed by atoms with Crippen molar-refractivity contribution in [3.8, 4) is 0 Å². The van der Waals surface area contributed by atoms with Crippen molar-refractivity contribution in [1.82, 2.24) is 9.55 Å². The summed E-state index contributed by atoms with van der Waals surface area (Å²) in [6.07, 6.45) is 0. The van der Waals surface area contributed by atoms with Gasteiger partial charge in [0.2, 0.25) is 0 Å². The molecule has 10 heteroatoms. The van der Waals surface area contributed by atoms with Crippen LogP contribution in [0.4, 0.5) is 15.9 Å². The number of fused-ring (bicyclic) bond motifs is 2. The monoisotopic (exact) mass is 429 g/mol. The first-order valence-electron chi connectivity index (χ1n) is 8.80. The van der Waals surface area contributed by atoms with Crippen molar-refractivity contribution in [3.05, 3.63) is 66.1 Å². The summed E-state index contributed by atoms with van der Waals surface area (Å²) in [5.41, 5.74) is 0.934. The van der Waals surface area contributed by atoms with Gasteiger partial charge in [0, 0.05) is 16.5 Å². The number of hydrogen-bond acceptors (Lipinski definition) is 4. The van der Waals surface area contributed by atoms with E-state index >= 15 is 0 Å². The largest absolute Gasteiger partial charge is 0.480 e. The van der Waals surface area contributed by atoms with Crippen LogP contribution in [0.2, 0.25) is 0 Å². The van der Waals surface area contributed by atoms with Crippen LogP contribution in [0.1, 0.15) is 5.69 Å². The number of halogens is 1. The standard InChI is InChI=1S/C20H16FN3O5S/c1-12-20(15-10-14(21)7-8-17(15)23(12)11-19(25)26)24(30(27,28)29)18-9-6-13-4-2-3-5-16(13)22-18/h2-10H,11H2,1H3,(H,25,26)(H,27,28,29). The average Bonchev–Trinajstić information content (AvgIpc) is 2.92. The van der Waals surface area contributed by atoms with Crippen LogP contribution < -0.4 is 4.31 Å². The molecule has 4 aromatic rings. The van der Waals surface area contributed by atoms with Crippen LogP contribution >= 0.6 is 0 Å². The van der Waals surface area contributed by atoms with E-state index in [4.69, 9.17) is 0 Å². The highest BCUT2D eigenvalue weighted by Crippen LogP contribution is 2.39. The Hall–Kier alpha value is -3.50.